The number of pyridine rings is 1. The van der Waals surface area contributed by atoms with E-state index in [1.165, 1.54) is 11.5 Å². The van der Waals surface area contributed by atoms with E-state index in [-0.39, 0.29) is 5.91 Å². The lowest BCUT2D eigenvalue weighted by molar-refractivity contribution is 0.0951. The van der Waals surface area contributed by atoms with Crippen LogP contribution in [-0.2, 0) is 11.3 Å². The molecule has 2 heterocycles. The minimum absolute atomic E-state index is 0.152. The normalized spacial score (nSPS) is 10.4. The first-order valence-electron chi connectivity index (χ1n) is 7.14. The van der Waals surface area contributed by atoms with Crippen LogP contribution in [0.2, 0.25) is 0 Å². The van der Waals surface area contributed by atoms with Crippen LogP contribution in [-0.4, -0.2) is 42.6 Å². The predicted molar refractivity (Wildman–Crippen MR) is 89.2 cm³/mol. The van der Waals surface area contributed by atoms with Crippen molar-refractivity contribution >= 4 is 22.4 Å². The van der Waals surface area contributed by atoms with E-state index in [4.69, 9.17) is 9.47 Å². The highest BCUT2D eigenvalue weighted by Gasteiger charge is 2.17. The first-order valence-corrected chi connectivity index (χ1v) is 7.92. The Kier molecular flexibility index (Phi) is 6.30. The van der Waals surface area contributed by atoms with Crippen molar-refractivity contribution in [2.24, 2.45) is 0 Å². The zero-order valence-corrected chi connectivity index (χ0v) is 14.2. The molecule has 1 amide bonds. The van der Waals surface area contributed by atoms with Crippen molar-refractivity contribution in [2.45, 2.75) is 13.5 Å². The van der Waals surface area contributed by atoms with Crippen molar-refractivity contribution in [3.63, 3.8) is 0 Å². The number of hydrogen-bond donors (Lipinski definition) is 2. The van der Waals surface area contributed by atoms with Gasteiger partial charge >= 0.3 is 0 Å². The van der Waals surface area contributed by atoms with Crippen molar-refractivity contribution < 1.29 is 14.3 Å². The Morgan fingerprint density at radius 1 is 1.35 bits per heavy atom. The summed E-state index contributed by atoms with van der Waals surface area (Å²) in [5.41, 5.74) is 2.20. The molecule has 0 fully saturated rings. The predicted octanol–water partition coefficient (Wildman–Crippen LogP) is 1.84. The number of amides is 1. The van der Waals surface area contributed by atoms with Gasteiger partial charge in [0.2, 0.25) is 5.88 Å². The maximum absolute atomic E-state index is 12.3. The molecular weight excluding hydrogens is 316 g/mol. The summed E-state index contributed by atoms with van der Waals surface area (Å²) < 4.78 is 14.5. The van der Waals surface area contributed by atoms with Gasteiger partial charge in [-0.1, -0.05) is 6.07 Å². The van der Waals surface area contributed by atoms with Crippen molar-refractivity contribution in [1.29, 1.82) is 0 Å². The number of carbonyl (C=O) groups is 1. The minimum Gasteiger partial charge on any atom is -0.475 e. The Labute approximate surface area is 139 Å². The zero-order valence-electron chi connectivity index (χ0n) is 13.4. The van der Waals surface area contributed by atoms with E-state index in [1.807, 2.05) is 13.0 Å². The molecule has 23 heavy (non-hydrogen) atoms. The van der Waals surface area contributed by atoms with Gasteiger partial charge in [-0.3, -0.25) is 4.79 Å². The van der Waals surface area contributed by atoms with Crippen LogP contribution in [0.25, 0.3) is 0 Å². The quantitative estimate of drug-likeness (QED) is 0.716. The molecule has 2 aromatic heterocycles. The molecular formula is C15H20N4O3S. The van der Waals surface area contributed by atoms with Crippen LogP contribution >= 0.6 is 11.5 Å². The van der Waals surface area contributed by atoms with Gasteiger partial charge in [0.25, 0.3) is 5.91 Å². The molecule has 0 radical (unpaired) electrons. The Morgan fingerprint density at radius 3 is 2.83 bits per heavy atom. The molecule has 2 aromatic rings. The molecule has 0 saturated heterocycles. The number of hydrogen-bond acceptors (Lipinski definition) is 7. The third-order valence-corrected chi connectivity index (χ3v) is 4.06. The number of ether oxygens (including phenoxy) is 2. The number of nitrogens with one attached hydrogen (secondary N) is 2. The highest BCUT2D eigenvalue weighted by molar-refractivity contribution is 7.10. The average molecular weight is 336 g/mol. The summed E-state index contributed by atoms with van der Waals surface area (Å²) >= 11 is 1.28. The smallest absolute Gasteiger partial charge is 0.256 e. The van der Waals surface area contributed by atoms with Crippen LogP contribution in [0.4, 0.5) is 5.00 Å². The Hall–Kier alpha value is -2.19. The summed E-state index contributed by atoms with van der Waals surface area (Å²) in [5, 5.41) is 6.62. The van der Waals surface area contributed by atoms with E-state index >= 15 is 0 Å². The maximum Gasteiger partial charge on any atom is 0.256 e. The van der Waals surface area contributed by atoms with Gasteiger partial charge in [0.05, 0.1) is 17.9 Å². The number of aromatic nitrogens is 2. The first kappa shape index (κ1) is 17.2. The second-order valence-electron chi connectivity index (χ2n) is 4.75. The fourth-order valence-corrected chi connectivity index (χ4v) is 2.65. The second kappa shape index (κ2) is 8.44. The van der Waals surface area contributed by atoms with Crippen LogP contribution in [0, 0.1) is 6.92 Å². The van der Waals surface area contributed by atoms with E-state index in [9.17, 15) is 4.79 Å². The molecule has 0 spiro atoms. The Balaban J connectivity index is 1.90. The van der Waals surface area contributed by atoms with Crippen molar-refractivity contribution in [3.05, 3.63) is 35.2 Å². The van der Waals surface area contributed by atoms with Gasteiger partial charge in [0, 0.05) is 33.0 Å². The third-order valence-electron chi connectivity index (χ3n) is 3.10. The highest BCUT2D eigenvalue weighted by Crippen LogP contribution is 2.23. The fraction of sp³-hybridized carbons (Fsp3) is 0.400. The van der Waals surface area contributed by atoms with Gasteiger partial charge in [-0.05, 0) is 24.0 Å². The van der Waals surface area contributed by atoms with Crippen molar-refractivity contribution in [1.82, 2.24) is 14.7 Å². The fourth-order valence-electron chi connectivity index (χ4n) is 1.91. The van der Waals surface area contributed by atoms with Crippen molar-refractivity contribution in [3.8, 4) is 5.88 Å². The Morgan fingerprint density at radius 2 is 2.17 bits per heavy atom. The molecule has 0 aromatic carbocycles. The third kappa shape index (κ3) is 4.64. The Bertz CT molecular complexity index is 643. The van der Waals surface area contributed by atoms with E-state index < -0.39 is 0 Å². The molecule has 0 aliphatic carbocycles. The van der Waals surface area contributed by atoms with E-state index in [1.54, 1.807) is 26.4 Å². The van der Waals surface area contributed by atoms with E-state index in [0.717, 1.165) is 16.3 Å². The van der Waals surface area contributed by atoms with Gasteiger partial charge < -0.3 is 20.1 Å². The molecule has 0 aliphatic heterocycles. The SMILES string of the molecule is CNc1snc(C)c1C(=O)NCc1ccc(OCCOC)nc1. The summed E-state index contributed by atoms with van der Waals surface area (Å²) in [5.74, 6) is 0.383. The van der Waals surface area contributed by atoms with Gasteiger partial charge in [-0.25, -0.2) is 4.98 Å². The monoisotopic (exact) mass is 336 g/mol. The molecule has 0 saturated carbocycles. The first-order chi connectivity index (χ1) is 11.2. The average Bonchev–Trinajstić information content (AvgIpc) is 2.95. The lowest BCUT2D eigenvalue weighted by atomic mass is 10.2. The van der Waals surface area contributed by atoms with Crippen LogP contribution in [0.5, 0.6) is 5.88 Å². The summed E-state index contributed by atoms with van der Waals surface area (Å²) in [6.45, 7) is 3.18. The number of nitrogens with zero attached hydrogens (tertiary/aromatic N) is 2. The largest absolute Gasteiger partial charge is 0.475 e. The van der Waals surface area contributed by atoms with Crippen LogP contribution in [0.1, 0.15) is 21.6 Å². The second-order valence-corrected chi connectivity index (χ2v) is 5.52. The zero-order chi connectivity index (χ0) is 16.7. The maximum atomic E-state index is 12.3. The number of methoxy groups -OCH3 is 1. The van der Waals surface area contributed by atoms with Crippen LogP contribution in [0.3, 0.4) is 0 Å². The van der Waals surface area contributed by atoms with Crippen molar-refractivity contribution in [2.75, 3.05) is 32.7 Å². The van der Waals surface area contributed by atoms with Gasteiger partial charge in [0.15, 0.2) is 0 Å². The summed E-state index contributed by atoms with van der Waals surface area (Å²) in [6, 6.07) is 3.64. The number of carbonyl (C=O) groups excluding carboxylic acids is 1. The summed E-state index contributed by atoms with van der Waals surface area (Å²) in [7, 11) is 3.39. The lowest BCUT2D eigenvalue weighted by Gasteiger charge is -2.08. The molecule has 0 bridgehead atoms. The topological polar surface area (TPSA) is 85.4 Å². The number of anilines is 1. The summed E-state index contributed by atoms with van der Waals surface area (Å²) in [6.07, 6.45) is 1.68. The van der Waals surface area contributed by atoms with E-state index in [0.29, 0.717) is 31.2 Å². The number of aryl methyl sites for hydroxylation is 1. The van der Waals surface area contributed by atoms with Crippen LogP contribution in [0.15, 0.2) is 18.3 Å². The van der Waals surface area contributed by atoms with Crippen LogP contribution < -0.4 is 15.4 Å². The van der Waals surface area contributed by atoms with E-state index in [2.05, 4.69) is 20.0 Å². The molecule has 2 N–H and O–H groups in total. The van der Waals surface area contributed by atoms with Gasteiger partial charge in [0.1, 0.15) is 11.6 Å². The standard InChI is InChI=1S/C15H20N4O3S/c1-10-13(15(16-2)23-19-10)14(20)18-9-11-4-5-12(17-8-11)22-7-6-21-3/h4-5,8,16H,6-7,9H2,1-3H3,(H,18,20). The summed E-state index contributed by atoms with van der Waals surface area (Å²) in [4.78, 5) is 16.5. The minimum atomic E-state index is -0.152. The molecule has 0 aliphatic rings. The molecule has 7 nitrogen and oxygen atoms in total. The molecule has 8 heteroatoms. The van der Waals surface area contributed by atoms with Gasteiger partial charge in [-0.15, -0.1) is 0 Å². The highest BCUT2D eigenvalue weighted by atomic mass is 32.1. The molecule has 0 atom stereocenters. The molecule has 124 valence electrons. The number of rotatable bonds is 8. The van der Waals surface area contributed by atoms with Gasteiger partial charge in [-0.2, -0.15) is 4.37 Å². The lowest BCUT2D eigenvalue weighted by Crippen LogP contribution is -2.24. The molecule has 2 rings (SSSR count). The molecule has 0 unspecified atom stereocenters.